The molecule has 0 fully saturated rings. The molecule has 1 aromatic carbocycles. The molecule has 0 heterocycles. The molecule has 1 nitrogen and oxygen atoms in total. The summed E-state index contributed by atoms with van der Waals surface area (Å²) in [4.78, 5) is 0. The molecule has 0 bridgehead atoms. The molecule has 0 aliphatic heterocycles. The monoisotopic (exact) mass is 186 g/mol. The van der Waals surface area contributed by atoms with E-state index in [1.54, 1.807) is 0 Å². The molecule has 0 atom stereocenters. The minimum atomic E-state index is 0.716. The Kier molecular flexibility index (Phi) is 2.68. The topological polar surface area (TPSA) is 9.23 Å². The lowest BCUT2D eigenvalue weighted by molar-refractivity contribution is 0.339. The smallest absolute Gasteiger partial charge is 0.127 e. The van der Waals surface area contributed by atoms with Crippen molar-refractivity contribution in [2.24, 2.45) is 0 Å². The van der Waals surface area contributed by atoms with Crippen molar-refractivity contribution in [3.8, 4) is 5.75 Å². The van der Waals surface area contributed by atoms with Crippen molar-refractivity contribution in [1.29, 1.82) is 0 Å². The summed E-state index contributed by atoms with van der Waals surface area (Å²) in [5.74, 6) is 0.979. The standard InChI is InChI=1S/C13H14O/c1-2-14-13-10-6-5-9-12(13)11-7-3-4-8-11/h3,5-10H,2,4H2,1H3. The van der Waals surface area contributed by atoms with Crippen LogP contribution in [-0.4, -0.2) is 6.61 Å². The molecule has 1 heteroatoms. The number of benzene rings is 1. The van der Waals surface area contributed by atoms with Crippen LogP contribution in [0.5, 0.6) is 5.75 Å². The van der Waals surface area contributed by atoms with E-state index in [1.807, 2.05) is 25.1 Å². The van der Waals surface area contributed by atoms with Crippen LogP contribution in [0.4, 0.5) is 0 Å². The molecule has 1 aromatic rings. The molecule has 2 rings (SSSR count). The lowest BCUT2D eigenvalue weighted by atomic mass is 10.1. The van der Waals surface area contributed by atoms with Crippen LogP contribution in [0.2, 0.25) is 0 Å². The van der Waals surface area contributed by atoms with Gasteiger partial charge in [-0.25, -0.2) is 0 Å². The first-order valence-electron chi connectivity index (χ1n) is 5.00. The summed E-state index contributed by atoms with van der Waals surface area (Å²) in [6.45, 7) is 2.73. The fourth-order valence-corrected chi connectivity index (χ4v) is 1.64. The van der Waals surface area contributed by atoms with Gasteiger partial charge in [-0.1, -0.05) is 36.4 Å². The van der Waals surface area contributed by atoms with Crippen molar-refractivity contribution < 1.29 is 4.74 Å². The normalized spacial score (nSPS) is 14.2. The second-order valence-electron chi connectivity index (χ2n) is 3.23. The van der Waals surface area contributed by atoms with Crippen molar-refractivity contribution in [2.45, 2.75) is 13.3 Å². The predicted octanol–water partition coefficient (Wildman–Crippen LogP) is 3.43. The summed E-state index contributed by atoms with van der Waals surface area (Å²) in [5.41, 5.74) is 2.47. The highest BCUT2D eigenvalue weighted by Crippen LogP contribution is 2.29. The second-order valence-corrected chi connectivity index (χ2v) is 3.23. The number of allylic oxidation sites excluding steroid dienone is 4. The molecule has 0 spiro atoms. The molecule has 0 aromatic heterocycles. The van der Waals surface area contributed by atoms with Crippen molar-refractivity contribution in [1.82, 2.24) is 0 Å². The lowest BCUT2D eigenvalue weighted by Gasteiger charge is -2.09. The molecule has 14 heavy (non-hydrogen) atoms. The van der Waals surface area contributed by atoms with Gasteiger partial charge in [-0.05, 0) is 25.0 Å². The predicted molar refractivity (Wildman–Crippen MR) is 59.3 cm³/mol. The van der Waals surface area contributed by atoms with Crippen molar-refractivity contribution >= 4 is 5.57 Å². The number of hydrogen-bond acceptors (Lipinski definition) is 1. The maximum atomic E-state index is 5.57. The summed E-state index contributed by atoms with van der Waals surface area (Å²) in [6.07, 6.45) is 7.57. The van der Waals surface area contributed by atoms with Gasteiger partial charge in [-0.2, -0.15) is 0 Å². The van der Waals surface area contributed by atoms with Gasteiger partial charge in [0, 0.05) is 5.56 Å². The van der Waals surface area contributed by atoms with Gasteiger partial charge in [0.25, 0.3) is 0 Å². The summed E-state index contributed by atoms with van der Waals surface area (Å²) < 4.78 is 5.57. The zero-order valence-electron chi connectivity index (χ0n) is 8.36. The van der Waals surface area contributed by atoms with Crippen LogP contribution in [0.15, 0.2) is 42.5 Å². The molecule has 0 unspecified atom stereocenters. The van der Waals surface area contributed by atoms with Gasteiger partial charge >= 0.3 is 0 Å². The fraction of sp³-hybridized carbons (Fsp3) is 0.231. The van der Waals surface area contributed by atoms with E-state index >= 15 is 0 Å². The van der Waals surface area contributed by atoms with Crippen LogP contribution in [-0.2, 0) is 0 Å². The van der Waals surface area contributed by atoms with Gasteiger partial charge in [0.15, 0.2) is 0 Å². The Hall–Kier alpha value is -1.50. The highest BCUT2D eigenvalue weighted by Gasteiger charge is 2.07. The van der Waals surface area contributed by atoms with Crippen LogP contribution >= 0.6 is 0 Å². The Morgan fingerprint density at radius 3 is 2.86 bits per heavy atom. The lowest BCUT2D eigenvalue weighted by Crippen LogP contribution is -1.94. The number of hydrogen-bond donors (Lipinski definition) is 0. The van der Waals surface area contributed by atoms with E-state index in [-0.39, 0.29) is 0 Å². The number of para-hydroxylation sites is 1. The number of rotatable bonds is 3. The summed E-state index contributed by atoms with van der Waals surface area (Å²) in [5, 5.41) is 0. The van der Waals surface area contributed by atoms with E-state index < -0.39 is 0 Å². The van der Waals surface area contributed by atoms with Crippen LogP contribution in [0.3, 0.4) is 0 Å². The average Bonchev–Trinajstić information content (AvgIpc) is 2.72. The summed E-state index contributed by atoms with van der Waals surface area (Å²) in [6, 6.07) is 8.18. The first-order chi connectivity index (χ1) is 6.92. The fourth-order valence-electron chi connectivity index (χ4n) is 1.64. The Morgan fingerprint density at radius 1 is 1.29 bits per heavy atom. The Balaban J connectivity index is 2.36. The highest BCUT2D eigenvalue weighted by molar-refractivity contribution is 5.79. The molecule has 0 amide bonds. The molecule has 0 N–H and O–H groups in total. The van der Waals surface area contributed by atoms with E-state index in [0.29, 0.717) is 6.61 Å². The molecular formula is C13H14O. The SMILES string of the molecule is CCOc1ccccc1C1=CCC=C1. The van der Waals surface area contributed by atoms with Crippen molar-refractivity contribution in [2.75, 3.05) is 6.61 Å². The summed E-state index contributed by atoms with van der Waals surface area (Å²) in [7, 11) is 0. The van der Waals surface area contributed by atoms with Gasteiger partial charge in [-0.3, -0.25) is 0 Å². The molecule has 0 saturated heterocycles. The average molecular weight is 186 g/mol. The van der Waals surface area contributed by atoms with E-state index in [1.165, 1.54) is 11.1 Å². The maximum Gasteiger partial charge on any atom is 0.127 e. The first-order valence-corrected chi connectivity index (χ1v) is 5.00. The minimum absolute atomic E-state index is 0.716. The summed E-state index contributed by atoms with van der Waals surface area (Å²) >= 11 is 0. The largest absolute Gasteiger partial charge is 0.493 e. The van der Waals surface area contributed by atoms with Crippen molar-refractivity contribution in [3.05, 3.63) is 48.1 Å². The molecule has 72 valence electrons. The Labute approximate surface area is 84.7 Å². The van der Waals surface area contributed by atoms with Gasteiger partial charge < -0.3 is 4.74 Å². The molecular weight excluding hydrogens is 172 g/mol. The van der Waals surface area contributed by atoms with Crippen LogP contribution in [0.25, 0.3) is 5.57 Å². The zero-order valence-corrected chi connectivity index (χ0v) is 8.36. The maximum absolute atomic E-state index is 5.57. The van der Waals surface area contributed by atoms with Crippen LogP contribution in [0, 0.1) is 0 Å². The number of ether oxygens (including phenoxy) is 1. The minimum Gasteiger partial charge on any atom is -0.493 e. The van der Waals surface area contributed by atoms with Gasteiger partial charge in [0.2, 0.25) is 0 Å². The second kappa shape index (κ2) is 4.14. The third-order valence-electron chi connectivity index (χ3n) is 2.27. The quantitative estimate of drug-likeness (QED) is 0.702. The highest BCUT2D eigenvalue weighted by atomic mass is 16.5. The van der Waals surface area contributed by atoms with Crippen LogP contribution in [0.1, 0.15) is 18.9 Å². The Morgan fingerprint density at radius 2 is 2.14 bits per heavy atom. The van der Waals surface area contributed by atoms with E-state index in [2.05, 4.69) is 24.3 Å². The zero-order chi connectivity index (χ0) is 9.80. The van der Waals surface area contributed by atoms with E-state index in [9.17, 15) is 0 Å². The first kappa shape index (κ1) is 9.07. The van der Waals surface area contributed by atoms with Gasteiger partial charge in [-0.15, -0.1) is 0 Å². The molecule has 1 aliphatic rings. The van der Waals surface area contributed by atoms with Crippen LogP contribution < -0.4 is 4.74 Å². The third-order valence-corrected chi connectivity index (χ3v) is 2.27. The molecule has 1 aliphatic carbocycles. The van der Waals surface area contributed by atoms with Gasteiger partial charge in [0.1, 0.15) is 5.75 Å². The molecule has 0 saturated carbocycles. The third kappa shape index (κ3) is 1.72. The van der Waals surface area contributed by atoms with Crippen molar-refractivity contribution in [3.63, 3.8) is 0 Å². The Bertz CT molecular complexity index is 375. The molecule has 0 radical (unpaired) electrons. The van der Waals surface area contributed by atoms with Gasteiger partial charge in [0.05, 0.1) is 6.61 Å². The van der Waals surface area contributed by atoms with E-state index in [4.69, 9.17) is 4.74 Å². The van der Waals surface area contributed by atoms with E-state index in [0.717, 1.165) is 12.2 Å².